The van der Waals surface area contributed by atoms with Gasteiger partial charge >= 0.3 is 0 Å². The molecule has 1 atom stereocenters. The first kappa shape index (κ1) is 18.9. The zero-order valence-corrected chi connectivity index (χ0v) is 15.2. The fourth-order valence-corrected chi connectivity index (χ4v) is 3.17. The van der Waals surface area contributed by atoms with Gasteiger partial charge in [-0.1, -0.05) is 30.3 Å². The Morgan fingerprint density at radius 2 is 1.85 bits per heavy atom. The Bertz CT molecular complexity index is 762. The van der Waals surface area contributed by atoms with Crippen molar-refractivity contribution in [2.24, 2.45) is 0 Å². The van der Waals surface area contributed by atoms with Crippen molar-refractivity contribution in [1.82, 2.24) is 15.5 Å². The fourth-order valence-electron chi connectivity index (χ4n) is 3.17. The highest BCUT2D eigenvalue weighted by Gasteiger charge is 2.23. The van der Waals surface area contributed by atoms with Crippen LogP contribution in [0.15, 0.2) is 54.6 Å². The number of benzene rings is 2. The van der Waals surface area contributed by atoms with Crippen molar-refractivity contribution >= 4 is 11.8 Å². The van der Waals surface area contributed by atoms with E-state index in [-0.39, 0.29) is 23.6 Å². The maximum Gasteiger partial charge on any atom is 0.251 e. The van der Waals surface area contributed by atoms with Crippen LogP contribution in [0.2, 0.25) is 0 Å². The Morgan fingerprint density at radius 3 is 2.59 bits per heavy atom. The molecule has 1 aliphatic heterocycles. The van der Waals surface area contributed by atoms with E-state index >= 15 is 0 Å². The van der Waals surface area contributed by atoms with Crippen molar-refractivity contribution in [3.05, 3.63) is 65.7 Å². The van der Waals surface area contributed by atoms with Crippen LogP contribution in [0.4, 0.5) is 0 Å². The first-order valence-corrected chi connectivity index (χ1v) is 9.24. The molecule has 0 spiro atoms. The zero-order chi connectivity index (χ0) is 19.1. The van der Waals surface area contributed by atoms with E-state index in [1.54, 1.807) is 12.1 Å². The summed E-state index contributed by atoms with van der Waals surface area (Å²) in [5, 5.41) is 15.5. The third kappa shape index (κ3) is 5.56. The molecule has 0 aliphatic carbocycles. The largest absolute Gasteiger partial charge is 0.508 e. The van der Waals surface area contributed by atoms with E-state index in [9.17, 15) is 14.7 Å². The van der Waals surface area contributed by atoms with Crippen LogP contribution < -0.4 is 10.6 Å². The van der Waals surface area contributed by atoms with E-state index in [0.717, 1.165) is 13.0 Å². The fraction of sp³-hybridized carbons (Fsp3) is 0.333. The summed E-state index contributed by atoms with van der Waals surface area (Å²) in [7, 11) is 0. The normalized spacial score (nSPS) is 16.7. The highest BCUT2D eigenvalue weighted by atomic mass is 16.3. The van der Waals surface area contributed by atoms with Crippen LogP contribution in [0.25, 0.3) is 0 Å². The van der Waals surface area contributed by atoms with Gasteiger partial charge in [-0.25, -0.2) is 0 Å². The average molecular weight is 367 g/mol. The SMILES string of the molecule is O=C(NCC1CN(C(=O)CCc2ccccc2)CCN1)c1ccc(O)cc1. The van der Waals surface area contributed by atoms with Gasteiger partial charge in [0.05, 0.1) is 0 Å². The first-order chi connectivity index (χ1) is 13.1. The van der Waals surface area contributed by atoms with Crippen LogP contribution in [0.5, 0.6) is 5.75 Å². The number of phenolic OH excluding ortho intramolecular Hbond substituents is 1. The molecule has 2 amide bonds. The molecule has 6 heteroatoms. The second kappa shape index (κ2) is 9.19. The molecule has 1 fully saturated rings. The number of nitrogens with one attached hydrogen (secondary N) is 2. The maximum absolute atomic E-state index is 12.5. The minimum Gasteiger partial charge on any atom is -0.508 e. The van der Waals surface area contributed by atoms with Crippen molar-refractivity contribution in [2.45, 2.75) is 18.9 Å². The predicted molar refractivity (Wildman–Crippen MR) is 104 cm³/mol. The van der Waals surface area contributed by atoms with Crippen LogP contribution in [-0.4, -0.2) is 54.0 Å². The molecule has 1 aliphatic rings. The van der Waals surface area contributed by atoms with Crippen molar-refractivity contribution in [2.75, 3.05) is 26.2 Å². The molecule has 27 heavy (non-hydrogen) atoms. The third-order valence-electron chi connectivity index (χ3n) is 4.72. The summed E-state index contributed by atoms with van der Waals surface area (Å²) >= 11 is 0. The topological polar surface area (TPSA) is 81.7 Å². The average Bonchev–Trinajstić information content (AvgIpc) is 2.71. The van der Waals surface area contributed by atoms with E-state index in [0.29, 0.717) is 31.6 Å². The molecule has 0 bridgehead atoms. The number of rotatable bonds is 6. The number of amides is 2. The van der Waals surface area contributed by atoms with Gasteiger partial charge in [0, 0.05) is 44.2 Å². The number of aryl methyl sites for hydroxylation is 1. The lowest BCUT2D eigenvalue weighted by Crippen LogP contribution is -2.56. The molecular formula is C21H25N3O3. The number of hydrogen-bond acceptors (Lipinski definition) is 4. The Morgan fingerprint density at radius 1 is 1.11 bits per heavy atom. The summed E-state index contributed by atoms with van der Waals surface area (Å²) in [6, 6.07) is 16.2. The quantitative estimate of drug-likeness (QED) is 0.724. The molecule has 2 aromatic carbocycles. The summed E-state index contributed by atoms with van der Waals surface area (Å²) in [6.07, 6.45) is 1.24. The zero-order valence-electron chi connectivity index (χ0n) is 15.2. The highest BCUT2D eigenvalue weighted by molar-refractivity contribution is 5.94. The maximum atomic E-state index is 12.5. The lowest BCUT2D eigenvalue weighted by molar-refractivity contribution is -0.132. The molecule has 142 valence electrons. The van der Waals surface area contributed by atoms with E-state index in [1.165, 1.54) is 17.7 Å². The number of piperazine rings is 1. The van der Waals surface area contributed by atoms with Crippen LogP contribution in [-0.2, 0) is 11.2 Å². The minimum absolute atomic E-state index is 0.0282. The highest BCUT2D eigenvalue weighted by Crippen LogP contribution is 2.10. The van der Waals surface area contributed by atoms with E-state index < -0.39 is 0 Å². The number of carbonyl (C=O) groups excluding carboxylic acids is 2. The molecule has 0 radical (unpaired) electrons. The van der Waals surface area contributed by atoms with Crippen LogP contribution in [0, 0.1) is 0 Å². The lowest BCUT2D eigenvalue weighted by atomic mass is 10.1. The number of phenols is 1. The summed E-state index contributed by atoms with van der Waals surface area (Å²) < 4.78 is 0. The lowest BCUT2D eigenvalue weighted by Gasteiger charge is -2.34. The molecule has 0 aromatic heterocycles. The molecule has 1 heterocycles. The number of carbonyl (C=O) groups is 2. The Hall–Kier alpha value is -2.86. The van der Waals surface area contributed by atoms with Gasteiger partial charge < -0.3 is 20.6 Å². The van der Waals surface area contributed by atoms with Gasteiger partial charge in [-0.15, -0.1) is 0 Å². The van der Waals surface area contributed by atoms with Gasteiger partial charge in [-0.3, -0.25) is 9.59 Å². The standard InChI is InChI=1S/C21H25N3O3/c25-19-9-7-17(8-10-19)21(27)23-14-18-15-24(13-12-22-18)20(26)11-6-16-4-2-1-3-5-16/h1-5,7-10,18,22,25H,6,11-15H2,(H,23,27). The van der Waals surface area contributed by atoms with Crippen molar-refractivity contribution in [1.29, 1.82) is 0 Å². The summed E-state index contributed by atoms with van der Waals surface area (Å²) in [5.74, 6) is 0.0877. The summed E-state index contributed by atoms with van der Waals surface area (Å²) in [4.78, 5) is 26.5. The van der Waals surface area contributed by atoms with Crippen LogP contribution in [0.1, 0.15) is 22.3 Å². The molecule has 2 aromatic rings. The van der Waals surface area contributed by atoms with Gasteiger partial charge in [0.25, 0.3) is 5.91 Å². The smallest absolute Gasteiger partial charge is 0.251 e. The summed E-state index contributed by atoms with van der Waals surface area (Å²) in [6.45, 7) is 2.44. The Labute approximate surface area is 159 Å². The Kier molecular flexibility index (Phi) is 6.44. The van der Waals surface area contributed by atoms with Gasteiger partial charge in [0.15, 0.2) is 0 Å². The molecule has 0 saturated carbocycles. The second-order valence-corrected chi connectivity index (χ2v) is 6.73. The molecule has 6 nitrogen and oxygen atoms in total. The molecule has 3 N–H and O–H groups in total. The second-order valence-electron chi connectivity index (χ2n) is 6.73. The van der Waals surface area contributed by atoms with Gasteiger partial charge in [0.1, 0.15) is 5.75 Å². The molecule has 1 unspecified atom stereocenters. The number of nitrogens with zero attached hydrogens (tertiary/aromatic N) is 1. The summed E-state index contributed by atoms with van der Waals surface area (Å²) in [5.41, 5.74) is 1.66. The molecule has 3 rings (SSSR count). The van der Waals surface area contributed by atoms with Crippen molar-refractivity contribution in [3.8, 4) is 5.75 Å². The van der Waals surface area contributed by atoms with Gasteiger partial charge in [0.2, 0.25) is 5.91 Å². The third-order valence-corrected chi connectivity index (χ3v) is 4.72. The first-order valence-electron chi connectivity index (χ1n) is 9.24. The van der Waals surface area contributed by atoms with Gasteiger partial charge in [-0.05, 0) is 36.2 Å². The van der Waals surface area contributed by atoms with Crippen LogP contribution in [0.3, 0.4) is 0 Å². The van der Waals surface area contributed by atoms with E-state index in [2.05, 4.69) is 10.6 Å². The predicted octanol–water partition coefficient (Wildman–Crippen LogP) is 1.56. The van der Waals surface area contributed by atoms with E-state index in [1.807, 2.05) is 35.2 Å². The van der Waals surface area contributed by atoms with E-state index in [4.69, 9.17) is 0 Å². The molecule has 1 saturated heterocycles. The van der Waals surface area contributed by atoms with Crippen LogP contribution >= 0.6 is 0 Å². The number of hydrogen-bond donors (Lipinski definition) is 3. The van der Waals surface area contributed by atoms with Gasteiger partial charge in [-0.2, -0.15) is 0 Å². The Balaban J connectivity index is 1.45. The van der Waals surface area contributed by atoms with Crippen molar-refractivity contribution < 1.29 is 14.7 Å². The number of aromatic hydroxyl groups is 1. The minimum atomic E-state index is -0.190. The monoisotopic (exact) mass is 367 g/mol. The molecular weight excluding hydrogens is 342 g/mol. The van der Waals surface area contributed by atoms with Crippen molar-refractivity contribution in [3.63, 3.8) is 0 Å².